The van der Waals surface area contributed by atoms with Crippen LogP contribution in [0.25, 0.3) is 111 Å². The fourth-order valence-electron chi connectivity index (χ4n) is 9.92. The molecule has 12 aromatic rings. The molecule has 0 unspecified atom stereocenters. The van der Waals surface area contributed by atoms with Gasteiger partial charge in [-0.05, 0) is 105 Å². The quantitative estimate of drug-likeness (QED) is 0.0891. The average molecular weight is 904 g/mol. The van der Waals surface area contributed by atoms with Crippen LogP contribution in [0.15, 0.2) is 206 Å². The lowest BCUT2D eigenvalue weighted by molar-refractivity contribution is 0.381. The van der Waals surface area contributed by atoms with Crippen LogP contribution in [0.3, 0.4) is 0 Å². The summed E-state index contributed by atoms with van der Waals surface area (Å²) < 4.78 is 84.1. The minimum absolute atomic E-state index is 0.0315. The van der Waals surface area contributed by atoms with Gasteiger partial charge in [0.2, 0.25) is 5.82 Å². The van der Waals surface area contributed by atoms with Gasteiger partial charge < -0.3 is 9.13 Å². The molecule has 0 radical (unpaired) electrons. The summed E-state index contributed by atoms with van der Waals surface area (Å²) in [5.41, 5.74) is 8.39. The fourth-order valence-corrected chi connectivity index (χ4v) is 9.92. The number of nitriles is 1. The molecule has 328 valence electrons. The van der Waals surface area contributed by atoms with Gasteiger partial charge in [0.1, 0.15) is 0 Å². The molecule has 0 aliphatic rings. The Morgan fingerprint density at radius 2 is 0.565 bits per heavy atom. The fraction of sp³-hybridized carbons (Fsp3) is 0. The molecule has 0 amide bonds. The van der Waals surface area contributed by atoms with Crippen LogP contribution < -0.4 is 0 Å². The number of hydrogen-bond donors (Lipinski definition) is 0. The number of hydrogen-bond acceptors (Lipinski definition) is 1. The molecule has 3 nitrogen and oxygen atoms in total. The lowest BCUT2D eigenvalue weighted by atomic mass is 9.96. The van der Waals surface area contributed by atoms with E-state index in [1.807, 2.05) is 194 Å². The summed E-state index contributed by atoms with van der Waals surface area (Å²) in [5, 5.41) is 13.9. The van der Waals surface area contributed by atoms with Gasteiger partial charge >= 0.3 is 0 Å². The summed E-state index contributed by atoms with van der Waals surface area (Å²) in [4.78, 5) is 0. The van der Waals surface area contributed by atoms with Crippen molar-refractivity contribution in [3.8, 4) is 73.1 Å². The van der Waals surface area contributed by atoms with Crippen LogP contribution >= 0.6 is 0 Å². The first-order valence-electron chi connectivity index (χ1n) is 22.3. The molecular formula is C61H34F5N3. The van der Waals surface area contributed by atoms with Crippen molar-refractivity contribution in [2.75, 3.05) is 0 Å². The number of halogens is 5. The predicted octanol–water partition coefficient (Wildman–Crippen LogP) is 16.8. The van der Waals surface area contributed by atoms with Crippen LogP contribution in [0.4, 0.5) is 22.0 Å². The van der Waals surface area contributed by atoms with E-state index in [0.717, 1.165) is 66.1 Å². The molecular weight excluding hydrogens is 870 g/mol. The Balaban J connectivity index is 1.24. The topological polar surface area (TPSA) is 33.6 Å². The molecule has 2 heterocycles. The zero-order chi connectivity index (χ0) is 46.9. The number of benzene rings is 10. The SMILES string of the molecule is N#Cc1cc(-n2c3ccc(-c4ccccc4)cc3c3cc(-c4ccccc4)ccc32)c(-c2c(F)c(F)c(F)c(F)c2F)c(-n2c3ccc(-c4ccccc4)cc3c3cc(-c4ccccc4)ccc32)c1. The Hall–Kier alpha value is -9.06. The summed E-state index contributed by atoms with van der Waals surface area (Å²) in [6, 6.07) is 67.9. The van der Waals surface area contributed by atoms with E-state index < -0.39 is 34.6 Å². The van der Waals surface area contributed by atoms with E-state index in [4.69, 9.17) is 0 Å². The molecule has 2 aromatic heterocycles. The lowest BCUT2D eigenvalue weighted by Crippen LogP contribution is -2.10. The zero-order valence-electron chi connectivity index (χ0n) is 36.4. The second-order valence-electron chi connectivity index (χ2n) is 17.0. The minimum atomic E-state index is -2.28. The Morgan fingerprint density at radius 3 is 0.841 bits per heavy atom. The van der Waals surface area contributed by atoms with Crippen molar-refractivity contribution in [3.05, 3.63) is 241 Å². The van der Waals surface area contributed by atoms with Crippen LogP contribution in [0, 0.1) is 40.4 Å². The standard InChI is InChI=1S/C61H34F5N3/c62-57-56(58(63)60(65)61(66)59(57)64)55-53(68-49-25-21-41(37-13-5-1-6-14-37)31-45(49)46-32-42(22-26-50(46)68)38-15-7-2-8-16-38)29-36(35-67)30-54(55)69-51-27-23-43(39-17-9-3-10-18-39)33-47(51)48-34-44(24-28-52(48)69)40-19-11-4-12-20-40/h1-34H. The van der Waals surface area contributed by atoms with Crippen LogP contribution in [0.5, 0.6) is 0 Å². The van der Waals surface area contributed by atoms with E-state index in [2.05, 4.69) is 6.07 Å². The molecule has 0 N–H and O–H groups in total. The Labute approximate surface area is 392 Å². The maximum Gasteiger partial charge on any atom is 0.200 e. The van der Waals surface area contributed by atoms with E-state index in [-0.39, 0.29) is 22.5 Å². The maximum absolute atomic E-state index is 16.9. The summed E-state index contributed by atoms with van der Waals surface area (Å²) in [7, 11) is 0. The number of rotatable bonds is 7. The normalized spacial score (nSPS) is 11.5. The van der Waals surface area contributed by atoms with Gasteiger partial charge in [-0.1, -0.05) is 146 Å². The second kappa shape index (κ2) is 16.4. The predicted molar refractivity (Wildman–Crippen MR) is 267 cm³/mol. The average Bonchev–Trinajstić information content (AvgIpc) is 3.91. The highest BCUT2D eigenvalue weighted by atomic mass is 19.2. The van der Waals surface area contributed by atoms with E-state index >= 15 is 22.0 Å². The van der Waals surface area contributed by atoms with Gasteiger partial charge in [-0.15, -0.1) is 0 Å². The van der Waals surface area contributed by atoms with Gasteiger partial charge in [-0.3, -0.25) is 0 Å². The van der Waals surface area contributed by atoms with Crippen molar-refractivity contribution in [1.82, 2.24) is 9.13 Å². The summed E-state index contributed by atoms with van der Waals surface area (Å²) in [6.07, 6.45) is 0. The van der Waals surface area contributed by atoms with Crippen molar-refractivity contribution >= 4 is 43.6 Å². The van der Waals surface area contributed by atoms with Crippen LogP contribution in [-0.2, 0) is 0 Å². The Kier molecular flexibility index (Phi) is 9.82. The number of aromatic nitrogens is 2. The van der Waals surface area contributed by atoms with Crippen molar-refractivity contribution in [2.45, 2.75) is 0 Å². The Morgan fingerprint density at radius 1 is 0.290 bits per heavy atom. The third kappa shape index (κ3) is 6.70. The first kappa shape index (κ1) is 41.4. The third-order valence-corrected chi connectivity index (χ3v) is 13.1. The lowest BCUT2D eigenvalue weighted by Gasteiger charge is -2.22. The van der Waals surface area contributed by atoms with E-state index in [1.165, 1.54) is 12.1 Å². The smallest absolute Gasteiger partial charge is 0.200 e. The highest BCUT2D eigenvalue weighted by molar-refractivity contribution is 6.14. The molecule has 0 atom stereocenters. The van der Waals surface area contributed by atoms with Gasteiger partial charge in [0, 0.05) is 27.1 Å². The summed E-state index contributed by atoms with van der Waals surface area (Å²) >= 11 is 0. The van der Waals surface area contributed by atoms with E-state index in [1.54, 1.807) is 9.13 Å². The minimum Gasteiger partial charge on any atom is -0.308 e. The number of nitrogens with zero attached hydrogens (tertiary/aromatic N) is 3. The van der Waals surface area contributed by atoms with Crippen molar-refractivity contribution in [2.24, 2.45) is 0 Å². The first-order chi connectivity index (χ1) is 33.8. The van der Waals surface area contributed by atoms with Gasteiger partial charge in [0.15, 0.2) is 23.3 Å². The molecule has 0 saturated heterocycles. The molecule has 0 fully saturated rings. The monoisotopic (exact) mass is 903 g/mol. The molecule has 0 aliphatic carbocycles. The van der Waals surface area contributed by atoms with Crippen molar-refractivity contribution in [1.29, 1.82) is 5.26 Å². The van der Waals surface area contributed by atoms with Crippen molar-refractivity contribution in [3.63, 3.8) is 0 Å². The van der Waals surface area contributed by atoms with Gasteiger partial charge in [-0.2, -0.15) is 5.26 Å². The highest BCUT2D eigenvalue weighted by Crippen LogP contribution is 2.47. The molecule has 12 rings (SSSR count). The van der Waals surface area contributed by atoms with Gasteiger partial charge in [-0.25, -0.2) is 22.0 Å². The van der Waals surface area contributed by atoms with E-state index in [0.29, 0.717) is 22.1 Å². The van der Waals surface area contributed by atoms with Gasteiger partial charge in [0.25, 0.3) is 0 Å². The molecule has 0 aliphatic heterocycles. The molecule has 0 saturated carbocycles. The van der Waals surface area contributed by atoms with Crippen LogP contribution in [0.2, 0.25) is 0 Å². The highest BCUT2D eigenvalue weighted by Gasteiger charge is 2.33. The van der Waals surface area contributed by atoms with Crippen LogP contribution in [-0.4, -0.2) is 9.13 Å². The molecule has 8 heteroatoms. The molecule has 0 bridgehead atoms. The van der Waals surface area contributed by atoms with Gasteiger partial charge in [0.05, 0.1) is 50.6 Å². The third-order valence-electron chi connectivity index (χ3n) is 13.1. The molecule has 69 heavy (non-hydrogen) atoms. The maximum atomic E-state index is 16.9. The first-order valence-corrected chi connectivity index (χ1v) is 22.3. The summed E-state index contributed by atoms with van der Waals surface area (Å²) in [5.74, 6) is -10.5. The van der Waals surface area contributed by atoms with E-state index in [9.17, 15) is 5.26 Å². The molecule has 0 spiro atoms. The zero-order valence-corrected chi connectivity index (χ0v) is 36.4. The molecule has 10 aromatic carbocycles. The Bertz CT molecular complexity index is 3620. The van der Waals surface area contributed by atoms with Crippen molar-refractivity contribution < 1.29 is 22.0 Å². The van der Waals surface area contributed by atoms with Crippen LogP contribution in [0.1, 0.15) is 5.56 Å². The largest absolute Gasteiger partial charge is 0.308 e. The second-order valence-corrected chi connectivity index (χ2v) is 17.0. The number of fused-ring (bicyclic) bond motifs is 6. The summed E-state index contributed by atoms with van der Waals surface area (Å²) in [6.45, 7) is 0.